The largest absolute Gasteiger partial charge is 0.436 e. The van der Waals surface area contributed by atoms with Crippen molar-refractivity contribution in [3.05, 3.63) is 65.2 Å². The number of fused-ring (bicyclic) bond motifs is 1. The van der Waals surface area contributed by atoms with Crippen LogP contribution in [0.5, 0.6) is 0 Å². The van der Waals surface area contributed by atoms with Gasteiger partial charge in [0.25, 0.3) is 0 Å². The molecule has 2 amide bonds. The van der Waals surface area contributed by atoms with Gasteiger partial charge < -0.3 is 10.2 Å². The Kier molecular flexibility index (Phi) is 5.40. The summed E-state index contributed by atoms with van der Waals surface area (Å²) in [6.45, 7) is 0. The van der Waals surface area contributed by atoms with E-state index < -0.39 is 11.2 Å². The summed E-state index contributed by atoms with van der Waals surface area (Å²) in [5.41, 5.74) is 9.68. The van der Waals surface area contributed by atoms with E-state index in [0.717, 1.165) is 35.0 Å². The minimum atomic E-state index is -0.761. The molecule has 9 nitrogen and oxygen atoms in total. The van der Waals surface area contributed by atoms with E-state index in [9.17, 15) is 20.1 Å². The molecule has 1 atom stereocenters. The maximum atomic E-state index is 13.3. The molecule has 37 heavy (non-hydrogen) atoms. The van der Waals surface area contributed by atoms with Crippen molar-refractivity contribution in [2.75, 3.05) is 10.6 Å². The van der Waals surface area contributed by atoms with Gasteiger partial charge in [0.1, 0.15) is 28.5 Å². The van der Waals surface area contributed by atoms with E-state index in [1.807, 2.05) is 24.3 Å². The molecular formula is C27H18N6O3S. The molecule has 1 saturated carbocycles. The van der Waals surface area contributed by atoms with Crippen molar-refractivity contribution in [2.45, 2.75) is 35.5 Å². The zero-order valence-corrected chi connectivity index (χ0v) is 20.2. The lowest BCUT2D eigenvalue weighted by atomic mass is 10.0. The third-order valence-corrected chi connectivity index (χ3v) is 7.64. The first-order valence-corrected chi connectivity index (χ1v) is 12.5. The van der Waals surface area contributed by atoms with Gasteiger partial charge in [-0.15, -0.1) is 0 Å². The van der Waals surface area contributed by atoms with Gasteiger partial charge in [0.15, 0.2) is 5.58 Å². The Morgan fingerprint density at radius 2 is 1.73 bits per heavy atom. The van der Waals surface area contributed by atoms with Crippen molar-refractivity contribution in [3.63, 3.8) is 0 Å². The highest BCUT2D eigenvalue weighted by Gasteiger charge is 2.42. The van der Waals surface area contributed by atoms with E-state index in [1.165, 1.54) is 0 Å². The molecule has 1 saturated heterocycles. The number of hydrogen-bond donors (Lipinski definition) is 1. The number of carbonyl (C=O) groups is 2. The molecule has 0 spiro atoms. The molecular weight excluding hydrogens is 488 g/mol. The molecule has 2 fully saturated rings. The van der Waals surface area contributed by atoms with Crippen molar-refractivity contribution in [2.24, 2.45) is 0 Å². The number of thioether (sulfide) groups is 1. The van der Waals surface area contributed by atoms with Crippen LogP contribution in [-0.2, 0) is 9.59 Å². The van der Waals surface area contributed by atoms with Gasteiger partial charge in [-0.3, -0.25) is 9.59 Å². The van der Waals surface area contributed by atoms with Crippen LogP contribution in [0.4, 0.5) is 11.5 Å². The second-order valence-corrected chi connectivity index (χ2v) is 10.1. The minimum absolute atomic E-state index is 0.0364. The normalized spacial score (nSPS) is 17.2. The van der Waals surface area contributed by atoms with Crippen molar-refractivity contribution in [1.82, 2.24) is 9.97 Å². The lowest BCUT2D eigenvalue weighted by Gasteiger charge is -2.16. The maximum absolute atomic E-state index is 13.3. The molecule has 10 heteroatoms. The SMILES string of the molecule is N#Cc1c(N)nc(S[C@H]2CC(=O)N(c3ccc(-c4nc5ccccc5o4)cc3)C2=O)c(C#N)c1C1CC1. The van der Waals surface area contributed by atoms with Gasteiger partial charge in [-0.1, -0.05) is 23.9 Å². The smallest absolute Gasteiger partial charge is 0.247 e. The lowest BCUT2D eigenvalue weighted by Crippen LogP contribution is -2.31. The summed E-state index contributed by atoms with van der Waals surface area (Å²) in [5, 5.41) is 18.9. The predicted molar refractivity (Wildman–Crippen MR) is 136 cm³/mol. The number of para-hydroxylation sites is 2. The summed E-state index contributed by atoms with van der Waals surface area (Å²) in [6.07, 6.45) is 1.69. The molecule has 4 aromatic rings. The number of benzene rings is 2. The number of oxazole rings is 1. The molecule has 0 unspecified atom stereocenters. The molecule has 1 aliphatic heterocycles. The number of nitriles is 2. The number of amides is 2. The molecule has 1 aliphatic carbocycles. The summed E-state index contributed by atoms with van der Waals surface area (Å²) in [4.78, 5) is 36.1. The van der Waals surface area contributed by atoms with Crippen LogP contribution in [0.3, 0.4) is 0 Å². The molecule has 2 aromatic heterocycles. The third kappa shape index (κ3) is 3.88. The average Bonchev–Trinajstić information content (AvgIpc) is 3.59. The van der Waals surface area contributed by atoms with Gasteiger partial charge in [-0.05, 0) is 60.7 Å². The second kappa shape index (κ2) is 8.77. The summed E-state index contributed by atoms with van der Waals surface area (Å²) >= 11 is 1.05. The number of imide groups is 1. The zero-order chi connectivity index (χ0) is 25.7. The van der Waals surface area contributed by atoms with Crippen LogP contribution in [0.1, 0.15) is 41.9 Å². The van der Waals surface area contributed by atoms with Crippen molar-refractivity contribution in [3.8, 4) is 23.6 Å². The Morgan fingerprint density at radius 3 is 2.41 bits per heavy atom. The van der Waals surface area contributed by atoms with Crippen molar-refractivity contribution in [1.29, 1.82) is 10.5 Å². The molecule has 3 heterocycles. The van der Waals surface area contributed by atoms with E-state index in [1.54, 1.807) is 24.3 Å². The lowest BCUT2D eigenvalue weighted by molar-refractivity contribution is -0.121. The van der Waals surface area contributed by atoms with Crippen molar-refractivity contribution >= 4 is 46.2 Å². The standard InChI is InChI=1S/C27H18N6O3S/c28-12-17-23(14-5-6-14)18(13-29)26(32-24(17)30)37-21-11-22(34)33(27(21)35)16-9-7-15(8-10-16)25-31-19-3-1-2-4-20(19)36-25/h1-4,7-10,14,21H,5-6,11H2,(H2,30,32)/t21-/m0/s1. The van der Waals surface area contributed by atoms with Gasteiger partial charge in [0.2, 0.25) is 17.7 Å². The first-order chi connectivity index (χ1) is 18.0. The minimum Gasteiger partial charge on any atom is -0.436 e. The van der Waals surface area contributed by atoms with Gasteiger partial charge >= 0.3 is 0 Å². The van der Waals surface area contributed by atoms with Crippen LogP contribution in [0.25, 0.3) is 22.6 Å². The number of nitrogen functional groups attached to an aromatic ring is 1. The second-order valence-electron chi connectivity index (χ2n) is 8.88. The van der Waals surface area contributed by atoms with E-state index in [4.69, 9.17) is 10.2 Å². The topological polar surface area (TPSA) is 150 Å². The maximum Gasteiger partial charge on any atom is 0.247 e. The number of nitrogens with two attached hydrogens (primary N) is 1. The van der Waals surface area contributed by atoms with Gasteiger partial charge in [0, 0.05) is 12.0 Å². The van der Waals surface area contributed by atoms with Crippen LogP contribution in [0, 0.1) is 22.7 Å². The fourth-order valence-corrected chi connectivity index (χ4v) is 5.67. The number of pyridine rings is 1. The highest BCUT2D eigenvalue weighted by Crippen LogP contribution is 2.47. The number of hydrogen-bond acceptors (Lipinski definition) is 9. The van der Waals surface area contributed by atoms with Crippen LogP contribution < -0.4 is 10.6 Å². The highest BCUT2D eigenvalue weighted by molar-refractivity contribution is 8.00. The summed E-state index contributed by atoms with van der Waals surface area (Å²) < 4.78 is 5.80. The Hall–Kier alpha value is -4.67. The molecule has 6 rings (SSSR count). The van der Waals surface area contributed by atoms with Gasteiger partial charge in [0.05, 0.1) is 22.1 Å². The first kappa shape index (κ1) is 22.8. The summed E-state index contributed by atoms with van der Waals surface area (Å²) in [5.74, 6) is -0.175. The van der Waals surface area contributed by atoms with E-state index in [2.05, 4.69) is 22.1 Å². The molecule has 0 radical (unpaired) electrons. The summed E-state index contributed by atoms with van der Waals surface area (Å²) in [6, 6.07) is 18.5. The number of aromatic nitrogens is 2. The van der Waals surface area contributed by atoms with Gasteiger partial charge in [-0.2, -0.15) is 10.5 Å². The molecule has 2 aromatic carbocycles. The first-order valence-electron chi connectivity index (χ1n) is 11.6. The number of rotatable bonds is 5. The molecule has 180 valence electrons. The highest BCUT2D eigenvalue weighted by atomic mass is 32.2. The number of nitrogens with zero attached hydrogens (tertiary/aromatic N) is 5. The monoisotopic (exact) mass is 506 g/mol. The van der Waals surface area contributed by atoms with Crippen LogP contribution in [0.15, 0.2) is 58.0 Å². The number of carbonyl (C=O) groups excluding carboxylic acids is 2. The van der Waals surface area contributed by atoms with Crippen LogP contribution in [0.2, 0.25) is 0 Å². The fraction of sp³-hybridized carbons (Fsp3) is 0.185. The van der Waals surface area contributed by atoms with E-state index in [-0.39, 0.29) is 40.2 Å². The van der Waals surface area contributed by atoms with Crippen LogP contribution >= 0.6 is 11.8 Å². The molecule has 2 N–H and O–H groups in total. The third-order valence-electron chi connectivity index (χ3n) is 6.47. The van der Waals surface area contributed by atoms with E-state index in [0.29, 0.717) is 28.3 Å². The fourth-order valence-electron chi connectivity index (χ4n) is 4.54. The Morgan fingerprint density at radius 1 is 1.00 bits per heavy atom. The van der Waals surface area contributed by atoms with Crippen molar-refractivity contribution < 1.29 is 14.0 Å². The summed E-state index contributed by atoms with van der Waals surface area (Å²) in [7, 11) is 0. The van der Waals surface area contributed by atoms with Gasteiger partial charge in [-0.25, -0.2) is 14.9 Å². The Labute approximate surface area is 215 Å². The Balaban J connectivity index is 1.26. The quantitative estimate of drug-likeness (QED) is 0.385. The zero-order valence-electron chi connectivity index (χ0n) is 19.3. The number of anilines is 2. The predicted octanol–water partition coefficient (Wildman–Crippen LogP) is 4.52. The van der Waals surface area contributed by atoms with Crippen LogP contribution in [-0.4, -0.2) is 27.0 Å². The molecule has 0 bridgehead atoms. The molecule has 2 aliphatic rings. The van der Waals surface area contributed by atoms with E-state index >= 15 is 0 Å². The average molecular weight is 507 g/mol. The Bertz CT molecular complexity index is 1640.